The predicted molar refractivity (Wildman–Crippen MR) is 115 cm³/mol. The highest BCUT2D eigenvalue weighted by Gasteiger charge is 2.19. The molecule has 0 saturated carbocycles. The van der Waals surface area contributed by atoms with Gasteiger partial charge in [0.25, 0.3) is 5.91 Å². The molecular formula is C23H15ClN4O. The lowest BCUT2D eigenvalue weighted by Gasteiger charge is -2.08. The molecule has 3 aromatic heterocycles. The first-order valence-corrected chi connectivity index (χ1v) is 9.45. The maximum absolute atomic E-state index is 13.1. The van der Waals surface area contributed by atoms with Gasteiger partial charge in [0, 0.05) is 45.6 Å². The molecule has 0 radical (unpaired) electrons. The number of hydrogen-bond donors (Lipinski definition) is 1. The smallest absolute Gasteiger partial charge is 0.292 e. The third kappa shape index (κ3) is 3.11. The zero-order chi connectivity index (χ0) is 19.8. The highest BCUT2D eigenvalue weighted by molar-refractivity contribution is 6.30. The van der Waals surface area contributed by atoms with E-state index < -0.39 is 0 Å². The van der Waals surface area contributed by atoms with Gasteiger partial charge >= 0.3 is 0 Å². The number of nitrogens with one attached hydrogen (secondary N) is 1. The number of carbonyl (C=O) groups is 1. The molecule has 5 nitrogen and oxygen atoms in total. The Hall–Kier alpha value is -3.70. The Kier molecular flexibility index (Phi) is 4.22. The fourth-order valence-electron chi connectivity index (χ4n) is 3.46. The first kappa shape index (κ1) is 17.4. The van der Waals surface area contributed by atoms with Crippen LogP contribution in [0.25, 0.3) is 27.5 Å². The number of anilines is 1. The van der Waals surface area contributed by atoms with Crippen LogP contribution in [0.5, 0.6) is 0 Å². The number of fused-ring (bicyclic) bond motifs is 2. The van der Waals surface area contributed by atoms with Gasteiger partial charge in [-0.1, -0.05) is 41.9 Å². The molecule has 0 atom stereocenters. The standard InChI is InChI=1S/C23H15ClN4O/c24-17-7-3-5-15(13-17)21-20-9-1-2-12-28(20)22(27-21)23(29)26-19-8-4-6-16-14-25-11-10-18(16)19/h1-14H,(H,26,29). The minimum absolute atomic E-state index is 0.288. The summed E-state index contributed by atoms with van der Waals surface area (Å²) in [4.78, 5) is 21.9. The minimum atomic E-state index is -0.288. The molecule has 0 aliphatic rings. The van der Waals surface area contributed by atoms with Crippen molar-refractivity contribution >= 4 is 39.5 Å². The van der Waals surface area contributed by atoms with Crippen LogP contribution in [0.15, 0.2) is 85.3 Å². The van der Waals surface area contributed by atoms with Crippen LogP contribution in [-0.4, -0.2) is 20.3 Å². The largest absolute Gasteiger partial charge is 0.319 e. The fourth-order valence-corrected chi connectivity index (χ4v) is 3.65. The molecule has 140 valence electrons. The topological polar surface area (TPSA) is 59.3 Å². The van der Waals surface area contributed by atoms with Crippen LogP contribution in [0.3, 0.4) is 0 Å². The molecule has 0 spiro atoms. The number of benzene rings is 2. The van der Waals surface area contributed by atoms with Crippen molar-refractivity contribution in [2.24, 2.45) is 0 Å². The molecule has 0 unspecified atom stereocenters. The molecule has 5 rings (SSSR count). The number of amides is 1. The fraction of sp³-hybridized carbons (Fsp3) is 0. The second-order valence-corrected chi connectivity index (χ2v) is 7.04. The van der Waals surface area contributed by atoms with Crippen molar-refractivity contribution in [1.29, 1.82) is 0 Å². The van der Waals surface area contributed by atoms with Crippen LogP contribution >= 0.6 is 11.6 Å². The Labute approximate surface area is 171 Å². The zero-order valence-corrected chi connectivity index (χ0v) is 16.0. The Balaban J connectivity index is 1.61. The molecular weight excluding hydrogens is 384 g/mol. The van der Waals surface area contributed by atoms with Crippen LogP contribution in [0.4, 0.5) is 5.69 Å². The third-order valence-electron chi connectivity index (χ3n) is 4.78. The number of imidazole rings is 1. The molecule has 0 saturated heterocycles. The van der Waals surface area contributed by atoms with E-state index in [9.17, 15) is 4.79 Å². The molecule has 29 heavy (non-hydrogen) atoms. The highest BCUT2D eigenvalue weighted by atomic mass is 35.5. The summed E-state index contributed by atoms with van der Waals surface area (Å²) in [6.07, 6.45) is 5.31. The van der Waals surface area contributed by atoms with Gasteiger partial charge in [0.1, 0.15) is 0 Å². The summed E-state index contributed by atoms with van der Waals surface area (Å²) in [6, 6.07) is 20.8. The second-order valence-electron chi connectivity index (χ2n) is 6.61. The van der Waals surface area contributed by atoms with Gasteiger partial charge in [-0.15, -0.1) is 0 Å². The number of rotatable bonds is 3. The normalized spacial score (nSPS) is 11.1. The summed E-state index contributed by atoms with van der Waals surface area (Å²) in [5.74, 6) is 0.0189. The lowest BCUT2D eigenvalue weighted by molar-refractivity contribution is 0.101. The first-order valence-electron chi connectivity index (χ1n) is 9.08. The predicted octanol–water partition coefficient (Wildman–Crippen LogP) is 5.46. The van der Waals surface area contributed by atoms with Crippen molar-refractivity contribution < 1.29 is 4.79 Å². The van der Waals surface area contributed by atoms with Crippen LogP contribution in [-0.2, 0) is 0 Å². The average molecular weight is 399 g/mol. The van der Waals surface area contributed by atoms with Crippen molar-refractivity contribution in [3.63, 3.8) is 0 Å². The Morgan fingerprint density at radius 2 is 1.90 bits per heavy atom. The number of halogens is 1. The summed E-state index contributed by atoms with van der Waals surface area (Å²) < 4.78 is 1.79. The number of hydrogen-bond acceptors (Lipinski definition) is 3. The second kappa shape index (κ2) is 7.04. The van der Waals surface area contributed by atoms with Gasteiger partial charge in [-0.2, -0.15) is 0 Å². The molecule has 0 aliphatic heterocycles. The molecule has 6 heteroatoms. The Bertz CT molecular complexity index is 1370. The summed E-state index contributed by atoms with van der Waals surface area (Å²) in [7, 11) is 0. The van der Waals surface area contributed by atoms with Crippen molar-refractivity contribution in [1.82, 2.24) is 14.4 Å². The van der Waals surface area contributed by atoms with E-state index in [2.05, 4.69) is 15.3 Å². The van der Waals surface area contributed by atoms with E-state index in [0.29, 0.717) is 22.2 Å². The van der Waals surface area contributed by atoms with Crippen LogP contribution in [0.1, 0.15) is 10.6 Å². The molecule has 0 bridgehead atoms. The van der Waals surface area contributed by atoms with Gasteiger partial charge in [-0.05, 0) is 36.4 Å². The van der Waals surface area contributed by atoms with E-state index in [1.54, 1.807) is 16.8 Å². The molecule has 1 N–H and O–H groups in total. The number of nitrogens with zero attached hydrogens (tertiary/aromatic N) is 3. The molecule has 1 amide bonds. The van der Waals surface area contributed by atoms with E-state index in [-0.39, 0.29) is 5.91 Å². The number of aromatic nitrogens is 3. The molecule has 3 heterocycles. The van der Waals surface area contributed by atoms with Crippen molar-refractivity contribution in [3.8, 4) is 11.3 Å². The Morgan fingerprint density at radius 3 is 2.79 bits per heavy atom. The lowest BCUT2D eigenvalue weighted by Crippen LogP contribution is -2.15. The van der Waals surface area contributed by atoms with Crippen molar-refractivity contribution in [3.05, 3.63) is 96.2 Å². The molecule has 0 fully saturated rings. The van der Waals surface area contributed by atoms with Crippen LogP contribution in [0.2, 0.25) is 5.02 Å². The van der Waals surface area contributed by atoms with Crippen LogP contribution < -0.4 is 5.32 Å². The Morgan fingerprint density at radius 1 is 1.00 bits per heavy atom. The van der Waals surface area contributed by atoms with Crippen molar-refractivity contribution in [2.75, 3.05) is 5.32 Å². The summed E-state index contributed by atoms with van der Waals surface area (Å²) in [5, 5.41) is 5.49. The number of carbonyl (C=O) groups excluding carboxylic acids is 1. The van der Waals surface area contributed by atoms with Gasteiger partial charge in [0.15, 0.2) is 0 Å². The summed E-state index contributed by atoms with van der Waals surface area (Å²) >= 11 is 6.16. The summed E-state index contributed by atoms with van der Waals surface area (Å²) in [6.45, 7) is 0. The average Bonchev–Trinajstić information content (AvgIpc) is 3.14. The van der Waals surface area contributed by atoms with E-state index in [1.807, 2.05) is 72.9 Å². The maximum atomic E-state index is 13.1. The quantitative estimate of drug-likeness (QED) is 0.439. The van der Waals surface area contributed by atoms with Crippen LogP contribution in [0, 0.1) is 0 Å². The lowest BCUT2D eigenvalue weighted by atomic mass is 10.1. The van der Waals surface area contributed by atoms with Gasteiger partial charge in [0.05, 0.1) is 11.2 Å². The maximum Gasteiger partial charge on any atom is 0.292 e. The third-order valence-corrected chi connectivity index (χ3v) is 5.01. The van der Waals surface area contributed by atoms with E-state index in [4.69, 9.17) is 11.6 Å². The van der Waals surface area contributed by atoms with E-state index in [0.717, 1.165) is 21.9 Å². The minimum Gasteiger partial charge on any atom is -0.319 e. The van der Waals surface area contributed by atoms with Gasteiger partial charge in [0.2, 0.25) is 5.82 Å². The van der Waals surface area contributed by atoms with E-state index in [1.165, 1.54) is 0 Å². The van der Waals surface area contributed by atoms with E-state index >= 15 is 0 Å². The van der Waals surface area contributed by atoms with Crippen molar-refractivity contribution in [2.45, 2.75) is 0 Å². The zero-order valence-electron chi connectivity index (χ0n) is 15.2. The highest BCUT2D eigenvalue weighted by Crippen LogP contribution is 2.28. The van der Waals surface area contributed by atoms with Gasteiger partial charge in [-0.3, -0.25) is 14.2 Å². The molecule has 5 aromatic rings. The van der Waals surface area contributed by atoms with Gasteiger partial charge in [-0.25, -0.2) is 4.98 Å². The first-order chi connectivity index (χ1) is 14.2. The molecule has 0 aliphatic carbocycles. The van der Waals surface area contributed by atoms with Gasteiger partial charge < -0.3 is 5.32 Å². The summed E-state index contributed by atoms with van der Waals surface area (Å²) in [5.41, 5.74) is 3.12. The SMILES string of the molecule is O=C(Nc1cccc2cnccc12)c1nc(-c2cccc(Cl)c2)c2ccccn12. The monoisotopic (exact) mass is 398 g/mol. The number of pyridine rings is 2. The molecule has 2 aromatic carbocycles.